The second-order valence-electron chi connectivity index (χ2n) is 3.85. The van der Waals surface area contributed by atoms with E-state index < -0.39 is 0 Å². The molecular weight excluding hydrogens is 204 g/mol. The number of hydrazine groups is 1. The molecule has 1 aromatic rings. The molecule has 0 aromatic heterocycles. The van der Waals surface area contributed by atoms with Gasteiger partial charge in [-0.1, -0.05) is 0 Å². The number of amides is 1. The van der Waals surface area contributed by atoms with Gasteiger partial charge < -0.3 is 10.2 Å². The van der Waals surface area contributed by atoms with E-state index in [-0.39, 0.29) is 5.91 Å². The second kappa shape index (κ2) is 4.51. The highest BCUT2D eigenvalue weighted by Crippen LogP contribution is 2.28. The molecule has 2 rings (SSSR count). The van der Waals surface area contributed by atoms with Gasteiger partial charge in [0.1, 0.15) is 0 Å². The lowest BCUT2D eigenvalue weighted by atomic mass is 10.0. The maximum atomic E-state index is 11.5. The van der Waals surface area contributed by atoms with Gasteiger partial charge in [-0.2, -0.15) is 0 Å². The minimum absolute atomic E-state index is 0.178. The minimum Gasteiger partial charge on any atom is -0.371 e. The predicted molar refractivity (Wildman–Crippen MR) is 64.0 cm³/mol. The zero-order valence-electron chi connectivity index (χ0n) is 9.29. The van der Waals surface area contributed by atoms with Crippen LogP contribution in [0.2, 0.25) is 0 Å². The number of nitrogens with two attached hydrogens (primary N) is 1. The highest BCUT2D eigenvalue weighted by atomic mass is 16.2. The molecule has 0 unspecified atom stereocenters. The van der Waals surface area contributed by atoms with Crippen LogP contribution in [0.25, 0.3) is 0 Å². The third-order valence-corrected chi connectivity index (χ3v) is 2.82. The Bertz CT molecular complexity index is 405. The summed E-state index contributed by atoms with van der Waals surface area (Å²) >= 11 is 0. The fourth-order valence-electron chi connectivity index (χ4n) is 1.92. The Morgan fingerprint density at radius 1 is 1.44 bits per heavy atom. The van der Waals surface area contributed by atoms with Crippen molar-refractivity contribution in [1.29, 1.82) is 0 Å². The van der Waals surface area contributed by atoms with E-state index in [0.29, 0.717) is 13.1 Å². The third kappa shape index (κ3) is 2.00. The van der Waals surface area contributed by atoms with Crippen LogP contribution in [0.3, 0.4) is 0 Å². The van der Waals surface area contributed by atoms with Gasteiger partial charge in [0.25, 0.3) is 0 Å². The summed E-state index contributed by atoms with van der Waals surface area (Å²) in [6.07, 6.45) is 1.40. The summed E-state index contributed by atoms with van der Waals surface area (Å²) in [5.74, 6) is 5.37. The van der Waals surface area contributed by atoms with Gasteiger partial charge in [-0.3, -0.25) is 10.6 Å². The van der Waals surface area contributed by atoms with Crippen molar-refractivity contribution in [2.45, 2.75) is 12.8 Å². The zero-order valence-corrected chi connectivity index (χ0v) is 9.29. The molecule has 1 amide bonds. The molecular formula is C11H16N4O. The standard InChI is InChI=1S/C11H16N4O/c1-15-10-4-3-9(13-7-14-12)6-8(10)2-5-11(15)16/h3-4,6,13-14H,2,5,7,12H2,1H3. The molecule has 4 N–H and O–H groups in total. The van der Waals surface area contributed by atoms with E-state index in [1.54, 1.807) is 4.90 Å². The summed E-state index contributed by atoms with van der Waals surface area (Å²) < 4.78 is 0. The fourth-order valence-corrected chi connectivity index (χ4v) is 1.92. The first kappa shape index (κ1) is 10.9. The van der Waals surface area contributed by atoms with Crippen molar-refractivity contribution in [3.05, 3.63) is 23.8 Å². The Morgan fingerprint density at radius 2 is 2.25 bits per heavy atom. The molecule has 0 aliphatic carbocycles. The minimum atomic E-state index is 0.178. The van der Waals surface area contributed by atoms with E-state index in [1.807, 2.05) is 19.2 Å². The van der Waals surface area contributed by atoms with Gasteiger partial charge in [-0.25, -0.2) is 5.43 Å². The number of nitrogens with one attached hydrogen (secondary N) is 2. The molecule has 5 heteroatoms. The lowest BCUT2D eigenvalue weighted by Gasteiger charge is -2.26. The topological polar surface area (TPSA) is 70.4 Å². The van der Waals surface area contributed by atoms with E-state index in [0.717, 1.165) is 17.8 Å². The Labute approximate surface area is 94.6 Å². The van der Waals surface area contributed by atoms with E-state index in [4.69, 9.17) is 5.84 Å². The number of fused-ring (bicyclic) bond motifs is 1. The van der Waals surface area contributed by atoms with Crippen molar-refractivity contribution < 1.29 is 4.79 Å². The Hall–Kier alpha value is -1.59. The summed E-state index contributed by atoms with van der Waals surface area (Å²) in [4.78, 5) is 13.2. The molecule has 0 bridgehead atoms. The van der Waals surface area contributed by atoms with Crippen LogP contribution in [0.1, 0.15) is 12.0 Å². The molecule has 0 saturated heterocycles. The van der Waals surface area contributed by atoms with Crippen molar-refractivity contribution in [3.63, 3.8) is 0 Å². The number of hydrogen-bond donors (Lipinski definition) is 3. The normalized spacial score (nSPS) is 14.9. The van der Waals surface area contributed by atoms with Crippen LogP contribution in [0.5, 0.6) is 0 Å². The van der Waals surface area contributed by atoms with Gasteiger partial charge in [0.2, 0.25) is 5.91 Å². The van der Waals surface area contributed by atoms with Crippen molar-refractivity contribution >= 4 is 17.3 Å². The quantitative estimate of drug-likeness (QED) is 0.392. The maximum absolute atomic E-state index is 11.5. The average Bonchev–Trinajstić information content (AvgIpc) is 2.31. The summed E-state index contributed by atoms with van der Waals surface area (Å²) in [6.45, 7) is 0.521. The van der Waals surface area contributed by atoms with Crippen molar-refractivity contribution in [2.75, 3.05) is 23.9 Å². The van der Waals surface area contributed by atoms with Crippen LogP contribution in [-0.4, -0.2) is 19.6 Å². The van der Waals surface area contributed by atoms with Gasteiger partial charge >= 0.3 is 0 Å². The highest BCUT2D eigenvalue weighted by molar-refractivity contribution is 5.96. The lowest BCUT2D eigenvalue weighted by Crippen LogP contribution is -2.31. The fraction of sp³-hybridized carbons (Fsp3) is 0.364. The van der Waals surface area contributed by atoms with E-state index in [1.165, 1.54) is 5.56 Å². The molecule has 1 heterocycles. The maximum Gasteiger partial charge on any atom is 0.227 e. The molecule has 1 aliphatic rings. The van der Waals surface area contributed by atoms with Gasteiger partial charge in [-0.05, 0) is 30.2 Å². The number of anilines is 2. The summed E-state index contributed by atoms with van der Waals surface area (Å²) in [5.41, 5.74) is 5.75. The summed E-state index contributed by atoms with van der Waals surface area (Å²) in [6, 6.07) is 5.98. The van der Waals surface area contributed by atoms with Gasteiger partial charge in [0.05, 0.1) is 6.67 Å². The number of rotatable bonds is 3. The van der Waals surface area contributed by atoms with Crippen molar-refractivity contribution in [3.8, 4) is 0 Å². The Kier molecular flexibility index (Phi) is 3.07. The van der Waals surface area contributed by atoms with Crippen LogP contribution in [-0.2, 0) is 11.2 Å². The number of hydrogen-bond acceptors (Lipinski definition) is 4. The molecule has 0 radical (unpaired) electrons. The van der Waals surface area contributed by atoms with Crippen LogP contribution in [0.15, 0.2) is 18.2 Å². The highest BCUT2D eigenvalue weighted by Gasteiger charge is 2.20. The molecule has 0 atom stereocenters. The number of aryl methyl sites for hydroxylation is 1. The second-order valence-corrected chi connectivity index (χ2v) is 3.85. The largest absolute Gasteiger partial charge is 0.371 e. The van der Waals surface area contributed by atoms with Gasteiger partial charge in [0.15, 0.2) is 0 Å². The van der Waals surface area contributed by atoms with Crippen LogP contribution < -0.4 is 21.5 Å². The molecule has 0 spiro atoms. The van der Waals surface area contributed by atoms with Crippen molar-refractivity contribution in [2.24, 2.45) is 5.84 Å². The first-order chi connectivity index (χ1) is 7.72. The molecule has 0 saturated carbocycles. The summed E-state index contributed by atoms with van der Waals surface area (Å²) in [7, 11) is 1.81. The molecule has 1 aromatic carbocycles. The smallest absolute Gasteiger partial charge is 0.227 e. The van der Waals surface area contributed by atoms with E-state index in [2.05, 4.69) is 16.8 Å². The first-order valence-electron chi connectivity index (χ1n) is 5.29. The zero-order chi connectivity index (χ0) is 11.5. The number of nitrogens with zero attached hydrogens (tertiary/aromatic N) is 1. The third-order valence-electron chi connectivity index (χ3n) is 2.82. The molecule has 16 heavy (non-hydrogen) atoms. The van der Waals surface area contributed by atoms with Gasteiger partial charge in [-0.15, -0.1) is 0 Å². The number of carbonyl (C=O) groups excluding carboxylic acids is 1. The van der Waals surface area contributed by atoms with Crippen LogP contribution >= 0.6 is 0 Å². The summed E-state index contributed by atoms with van der Waals surface area (Å²) in [5, 5.41) is 3.13. The molecule has 5 nitrogen and oxygen atoms in total. The Morgan fingerprint density at radius 3 is 3.00 bits per heavy atom. The van der Waals surface area contributed by atoms with Crippen molar-refractivity contribution in [1.82, 2.24) is 5.43 Å². The molecule has 86 valence electrons. The van der Waals surface area contributed by atoms with Gasteiger partial charge in [0, 0.05) is 24.8 Å². The predicted octanol–water partition coefficient (Wildman–Crippen LogP) is 0.428. The average molecular weight is 220 g/mol. The van der Waals surface area contributed by atoms with E-state index in [9.17, 15) is 4.79 Å². The number of carbonyl (C=O) groups is 1. The monoisotopic (exact) mass is 220 g/mol. The number of benzene rings is 1. The molecule has 0 fully saturated rings. The SMILES string of the molecule is CN1C(=O)CCc2cc(NCNN)ccc21. The Balaban J connectivity index is 2.23. The molecule has 1 aliphatic heterocycles. The van der Waals surface area contributed by atoms with Crippen LogP contribution in [0.4, 0.5) is 11.4 Å². The first-order valence-corrected chi connectivity index (χ1v) is 5.29. The van der Waals surface area contributed by atoms with E-state index >= 15 is 0 Å². The lowest BCUT2D eigenvalue weighted by molar-refractivity contribution is -0.118. The van der Waals surface area contributed by atoms with Crippen LogP contribution in [0, 0.1) is 0 Å².